The molecule has 1 aromatic heterocycles. The largest absolute Gasteiger partial charge is 0.339 e. The van der Waals surface area contributed by atoms with Crippen LogP contribution in [0, 0.1) is 23.7 Å². The van der Waals surface area contributed by atoms with E-state index in [2.05, 4.69) is 16.3 Å². The fraction of sp³-hybridized carbons (Fsp3) is 0.333. The lowest BCUT2D eigenvalue weighted by atomic mass is 9.77. The van der Waals surface area contributed by atoms with Crippen LogP contribution in [-0.2, 0) is 4.79 Å². The third kappa shape index (κ3) is 3.34. The minimum Gasteiger partial charge on any atom is -0.339 e. The Labute approximate surface area is 180 Å². The second-order valence-electron chi connectivity index (χ2n) is 8.73. The van der Waals surface area contributed by atoms with Crippen LogP contribution in [0.4, 0.5) is 5.69 Å². The number of nitrogens with zero attached hydrogens (tertiary/aromatic N) is 4. The van der Waals surface area contributed by atoms with E-state index in [-0.39, 0.29) is 17.2 Å². The van der Waals surface area contributed by atoms with Crippen molar-refractivity contribution in [2.45, 2.75) is 26.2 Å². The maximum Gasteiger partial charge on any atom is 0.253 e. The first-order valence-corrected chi connectivity index (χ1v) is 10.5. The Morgan fingerprint density at radius 3 is 2.65 bits per heavy atom. The zero-order chi connectivity index (χ0) is 21.6. The van der Waals surface area contributed by atoms with E-state index in [1.54, 1.807) is 18.3 Å². The molecule has 0 atom stereocenters. The summed E-state index contributed by atoms with van der Waals surface area (Å²) in [4.78, 5) is 29.6. The second kappa shape index (κ2) is 7.24. The van der Waals surface area contributed by atoms with Crippen molar-refractivity contribution in [2.75, 3.05) is 24.5 Å². The SMILES string of the molecule is Cc1cc(C(=O)N2CCC3(CC2)CC(=O)N(c2ccc(C#N)cc2)C3)cc2cn[nH]c12. The molecule has 5 rings (SSSR count). The molecule has 7 nitrogen and oxygen atoms in total. The van der Waals surface area contributed by atoms with E-state index in [1.807, 2.05) is 41.0 Å². The van der Waals surface area contributed by atoms with Crippen molar-refractivity contribution in [3.05, 3.63) is 59.3 Å². The molecule has 0 aliphatic carbocycles. The summed E-state index contributed by atoms with van der Waals surface area (Å²) in [6.07, 6.45) is 3.87. The molecule has 1 spiro atoms. The van der Waals surface area contributed by atoms with Gasteiger partial charge in [0.1, 0.15) is 0 Å². The molecule has 2 aliphatic rings. The van der Waals surface area contributed by atoms with Gasteiger partial charge in [0.2, 0.25) is 5.91 Å². The number of H-pyrrole nitrogens is 1. The highest BCUT2D eigenvalue weighted by atomic mass is 16.2. The van der Waals surface area contributed by atoms with Crippen molar-refractivity contribution in [1.82, 2.24) is 15.1 Å². The van der Waals surface area contributed by atoms with E-state index in [9.17, 15) is 9.59 Å². The highest BCUT2D eigenvalue weighted by Crippen LogP contribution is 2.43. The number of aryl methyl sites for hydroxylation is 1. The average Bonchev–Trinajstić information content (AvgIpc) is 3.39. The van der Waals surface area contributed by atoms with E-state index >= 15 is 0 Å². The Kier molecular flexibility index (Phi) is 4.51. The minimum atomic E-state index is -0.0911. The maximum atomic E-state index is 13.1. The van der Waals surface area contributed by atoms with Crippen LogP contribution in [0.5, 0.6) is 0 Å². The molecule has 156 valence electrons. The number of aromatic nitrogens is 2. The zero-order valence-electron chi connectivity index (χ0n) is 17.4. The number of hydrogen-bond acceptors (Lipinski definition) is 4. The molecular formula is C24H23N5O2. The maximum absolute atomic E-state index is 13.1. The van der Waals surface area contributed by atoms with Crippen LogP contribution in [0.15, 0.2) is 42.6 Å². The molecule has 0 saturated carbocycles. The molecule has 2 aliphatic heterocycles. The molecule has 0 unspecified atom stereocenters. The topological polar surface area (TPSA) is 93.1 Å². The van der Waals surface area contributed by atoms with Gasteiger partial charge in [-0.15, -0.1) is 0 Å². The first-order valence-electron chi connectivity index (χ1n) is 10.5. The summed E-state index contributed by atoms with van der Waals surface area (Å²) in [5.41, 5.74) is 3.98. The molecule has 3 heterocycles. The lowest BCUT2D eigenvalue weighted by Gasteiger charge is -2.38. The average molecular weight is 413 g/mol. The first-order chi connectivity index (χ1) is 15.0. The predicted molar refractivity (Wildman–Crippen MR) is 117 cm³/mol. The normalized spacial score (nSPS) is 18.0. The Hall–Kier alpha value is -3.66. The van der Waals surface area contributed by atoms with Crippen molar-refractivity contribution in [3.63, 3.8) is 0 Å². The molecule has 0 radical (unpaired) electrons. The van der Waals surface area contributed by atoms with Crippen LogP contribution in [0.2, 0.25) is 0 Å². The fourth-order valence-corrected chi connectivity index (χ4v) is 4.91. The van der Waals surface area contributed by atoms with E-state index in [4.69, 9.17) is 5.26 Å². The number of amides is 2. The number of rotatable bonds is 2. The van der Waals surface area contributed by atoms with Gasteiger partial charge in [-0.05, 0) is 61.7 Å². The second-order valence-corrected chi connectivity index (χ2v) is 8.73. The highest BCUT2D eigenvalue weighted by Gasteiger charge is 2.46. The lowest BCUT2D eigenvalue weighted by Crippen LogP contribution is -2.44. The van der Waals surface area contributed by atoms with Crippen LogP contribution in [-0.4, -0.2) is 46.5 Å². The van der Waals surface area contributed by atoms with Gasteiger partial charge < -0.3 is 9.80 Å². The summed E-state index contributed by atoms with van der Waals surface area (Å²) in [5.74, 6) is 0.153. The summed E-state index contributed by atoms with van der Waals surface area (Å²) in [6, 6.07) is 13.1. The van der Waals surface area contributed by atoms with Crippen molar-refractivity contribution in [2.24, 2.45) is 5.41 Å². The van der Waals surface area contributed by atoms with Gasteiger partial charge in [0.05, 0.1) is 23.3 Å². The van der Waals surface area contributed by atoms with Crippen molar-refractivity contribution in [3.8, 4) is 6.07 Å². The molecule has 3 aromatic rings. The van der Waals surface area contributed by atoms with Crippen molar-refractivity contribution >= 4 is 28.4 Å². The van der Waals surface area contributed by atoms with E-state index < -0.39 is 0 Å². The summed E-state index contributed by atoms with van der Waals surface area (Å²) in [6.45, 7) is 3.94. The number of aromatic amines is 1. The van der Waals surface area contributed by atoms with E-state index in [1.165, 1.54) is 0 Å². The van der Waals surface area contributed by atoms with Gasteiger partial charge in [-0.3, -0.25) is 14.7 Å². The molecule has 31 heavy (non-hydrogen) atoms. The number of hydrogen-bond donors (Lipinski definition) is 1. The number of benzene rings is 2. The van der Waals surface area contributed by atoms with Gasteiger partial charge in [0, 0.05) is 48.1 Å². The standard InChI is InChI=1S/C24H23N5O2/c1-16-10-18(11-19-14-26-27-22(16)19)23(31)28-8-6-24(7-9-28)12-21(30)29(15-24)20-4-2-17(13-25)3-5-20/h2-5,10-11,14H,6-9,12,15H2,1H3,(H,26,27). The number of fused-ring (bicyclic) bond motifs is 1. The summed E-state index contributed by atoms with van der Waals surface area (Å²) in [5, 5.41) is 17.0. The van der Waals surface area contributed by atoms with Gasteiger partial charge in [-0.2, -0.15) is 10.4 Å². The van der Waals surface area contributed by atoms with Crippen LogP contribution >= 0.6 is 0 Å². The van der Waals surface area contributed by atoms with Crippen LogP contribution < -0.4 is 4.90 Å². The first kappa shape index (κ1) is 19.3. The van der Waals surface area contributed by atoms with Gasteiger partial charge in [-0.1, -0.05) is 0 Å². The zero-order valence-corrected chi connectivity index (χ0v) is 17.4. The number of carbonyl (C=O) groups is 2. The number of carbonyl (C=O) groups excluding carboxylic acids is 2. The molecule has 2 fully saturated rings. The van der Waals surface area contributed by atoms with E-state index in [0.717, 1.165) is 35.0 Å². The molecule has 2 amide bonds. The van der Waals surface area contributed by atoms with E-state index in [0.29, 0.717) is 37.2 Å². The van der Waals surface area contributed by atoms with Crippen LogP contribution in [0.25, 0.3) is 10.9 Å². The molecule has 2 aromatic carbocycles. The number of anilines is 1. The molecule has 7 heteroatoms. The molecule has 2 saturated heterocycles. The molecule has 1 N–H and O–H groups in total. The highest BCUT2D eigenvalue weighted by molar-refractivity contribution is 5.99. The van der Waals surface area contributed by atoms with Crippen LogP contribution in [0.1, 0.15) is 40.7 Å². The Bertz CT molecular complexity index is 1210. The predicted octanol–water partition coefficient (Wildman–Crippen LogP) is 3.40. The summed E-state index contributed by atoms with van der Waals surface area (Å²) < 4.78 is 0. The minimum absolute atomic E-state index is 0.0364. The van der Waals surface area contributed by atoms with Crippen molar-refractivity contribution < 1.29 is 9.59 Å². The van der Waals surface area contributed by atoms with Gasteiger partial charge in [0.25, 0.3) is 5.91 Å². The third-order valence-electron chi connectivity index (χ3n) is 6.73. The quantitative estimate of drug-likeness (QED) is 0.697. The smallest absolute Gasteiger partial charge is 0.253 e. The summed E-state index contributed by atoms with van der Waals surface area (Å²) >= 11 is 0. The van der Waals surface area contributed by atoms with Gasteiger partial charge in [0.15, 0.2) is 0 Å². The molecular weight excluding hydrogens is 390 g/mol. The van der Waals surface area contributed by atoms with Gasteiger partial charge in [-0.25, -0.2) is 0 Å². The Morgan fingerprint density at radius 2 is 1.94 bits per heavy atom. The number of piperidine rings is 1. The Morgan fingerprint density at radius 1 is 1.19 bits per heavy atom. The monoisotopic (exact) mass is 413 g/mol. The lowest BCUT2D eigenvalue weighted by molar-refractivity contribution is -0.118. The summed E-state index contributed by atoms with van der Waals surface area (Å²) in [7, 11) is 0. The number of likely N-dealkylation sites (tertiary alicyclic amines) is 1. The van der Waals surface area contributed by atoms with Crippen LogP contribution in [0.3, 0.4) is 0 Å². The molecule has 0 bridgehead atoms. The number of nitrogens with one attached hydrogen (secondary N) is 1. The fourth-order valence-electron chi connectivity index (χ4n) is 4.91. The van der Waals surface area contributed by atoms with Crippen molar-refractivity contribution in [1.29, 1.82) is 5.26 Å². The Balaban J connectivity index is 1.28. The van der Waals surface area contributed by atoms with Gasteiger partial charge >= 0.3 is 0 Å². The third-order valence-corrected chi connectivity index (χ3v) is 6.73. The number of nitriles is 1.